The van der Waals surface area contributed by atoms with Gasteiger partial charge in [0.15, 0.2) is 0 Å². The van der Waals surface area contributed by atoms with E-state index in [9.17, 15) is 9.59 Å². The minimum Gasteiger partial charge on any atom is -0.480 e. The van der Waals surface area contributed by atoms with E-state index in [4.69, 9.17) is 10.2 Å². The third-order valence-corrected chi connectivity index (χ3v) is 2.80. The molecule has 1 aromatic carbocycles. The smallest absolute Gasteiger partial charge is 0.326 e. The fraction of sp³-hybridized carbons (Fsp3) is 0.385. The molecule has 0 saturated heterocycles. The molecule has 0 bridgehead atoms. The highest BCUT2D eigenvalue weighted by atomic mass is 16.4. The number of aliphatic hydroxyl groups is 1. The molecule has 1 atom stereocenters. The van der Waals surface area contributed by atoms with Crippen molar-refractivity contribution < 1.29 is 19.8 Å². The van der Waals surface area contributed by atoms with Crippen LogP contribution in [0.15, 0.2) is 24.3 Å². The topological polar surface area (TPSA) is 89.9 Å². The SMILES string of the molecule is Cc1ccccc1N(C)C(=O)N[C@H](CCO)C(=O)O. The van der Waals surface area contributed by atoms with Gasteiger partial charge < -0.3 is 15.5 Å². The van der Waals surface area contributed by atoms with Gasteiger partial charge in [-0.1, -0.05) is 18.2 Å². The zero-order chi connectivity index (χ0) is 14.4. The summed E-state index contributed by atoms with van der Waals surface area (Å²) in [7, 11) is 1.57. The highest BCUT2D eigenvalue weighted by Gasteiger charge is 2.22. The normalized spacial score (nSPS) is 11.7. The molecule has 6 heteroatoms. The largest absolute Gasteiger partial charge is 0.480 e. The lowest BCUT2D eigenvalue weighted by molar-refractivity contribution is -0.139. The number of hydrogen-bond donors (Lipinski definition) is 3. The summed E-state index contributed by atoms with van der Waals surface area (Å²) in [6, 6.07) is 5.68. The second kappa shape index (κ2) is 6.75. The second-order valence-electron chi connectivity index (χ2n) is 4.20. The maximum atomic E-state index is 12.0. The lowest BCUT2D eigenvalue weighted by Crippen LogP contribution is -2.47. The van der Waals surface area contributed by atoms with Crippen LogP contribution >= 0.6 is 0 Å². The zero-order valence-electron chi connectivity index (χ0n) is 11.0. The number of carboxylic acid groups (broad SMARTS) is 1. The lowest BCUT2D eigenvalue weighted by atomic mass is 10.2. The molecule has 104 valence electrons. The van der Waals surface area contributed by atoms with E-state index < -0.39 is 18.0 Å². The van der Waals surface area contributed by atoms with Crippen molar-refractivity contribution in [2.24, 2.45) is 0 Å². The van der Waals surface area contributed by atoms with E-state index >= 15 is 0 Å². The van der Waals surface area contributed by atoms with Crippen LogP contribution in [0.4, 0.5) is 10.5 Å². The van der Waals surface area contributed by atoms with Crippen LogP contribution in [-0.2, 0) is 4.79 Å². The molecule has 0 fully saturated rings. The molecule has 6 nitrogen and oxygen atoms in total. The lowest BCUT2D eigenvalue weighted by Gasteiger charge is -2.22. The monoisotopic (exact) mass is 266 g/mol. The summed E-state index contributed by atoms with van der Waals surface area (Å²) in [6.07, 6.45) is -0.0251. The van der Waals surface area contributed by atoms with Crippen molar-refractivity contribution in [2.75, 3.05) is 18.6 Å². The van der Waals surface area contributed by atoms with Crippen molar-refractivity contribution in [2.45, 2.75) is 19.4 Å². The van der Waals surface area contributed by atoms with Gasteiger partial charge in [0, 0.05) is 25.8 Å². The maximum absolute atomic E-state index is 12.0. The van der Waals surface area contributed by atoms with Crippen molar-refractivity contribution in [3.63, 3.8) is 0 Å². The van der Waals surface area contributed by atoms with Gasteiger partial charge in [-0.25, -0.2) is 9.59 Å². The molecule has 0 radical (unpaired) electrons. The van der Waals surface area contributed by atoms with Gasteiger partial charge in [0.25, 0.3) is 0 Å². The summed E-state index contributed by atoms with van der Waals surface area (Å²) in [4.78, 5) is 24.2. The van der Waals surface area contributed by atoms with Crippen molar-refractivity contribution in [1.82, 2.24) is 5.32 Å². The number of urea groups is 1. The number of para-hydroxylation sites is 1. The van der Waals surface area contributed by atoms with E-state index in [0.29, 0.717) is 5.69 Å². The Bertz CT molecular complexity index is 462. The Labute approximate surface area is 111 Å². The van der Waals surface area contributed by atoms with Crippen LogP contribution in [0.3, 0.4) is 0 Å². The number of benzene rings is 1. The molecule has 19 heavy (non-hydrogen) atoms. The molecule has 0 spiro atoms. The number of carbonyl (C=O) groups is 2. The number of aliphatic hydroxyl groups excluding tert-OH is 1. The number of anilines is 1. The Balaban J connectivity index is 2.77. The maximum Gasteiger partial charge on any atom is 0.326 e. The van der Waals surface area contributed by atoms with E-state index in [1.165, 1.54) is 4.90 Å². The highest BCUT2D eigenvalue weighted by Crippen LogP contribution is 2.17. The number of aryl methyl sites for hydroxylation is 1. The van der Waals surface area contributed by atoms with Crippen LogP contribution in [0.1, 0.15) is 12.0 Å². The first-order valence-corrected chi connectivity index (χ1v) is 5.91. The number of carboxylic acids is 1. The molecular formula is C13H18N2O4. The first kappa shape index (κ1) is 15.0. The van der Waals surface area contributed by atoms with E-state index in [1.807, 2.05) is 19.1 Å². The molecule has 2 amide bonds. The molecular weight excluding hydrogens is 248 g/mol. The first-order chi connectivity index (χ1) is 8.97. The third kappa shape index (κ3) is 3.96. The molecule has 0 unspecified atom stereocenters. The quantitative estimate of drug-likeness (QED) is 0.741. The van der Waals surface area contributed by atoms with Crippen LogP contribution < -0.4 is 10.2 Å². The van der Waals surface area contributed by atoms with Crippen LogP contribution in [0.5, 0.6) is 0 Å². The molecule has 0 aromatic heterocycles. The molecule has 0 aliphatic carbocycles. The summed E-state index contributed by atoms with van der Waals surface area (Å²) < 4.78 is 0. The number of nitrogens with zero attached hydrogens (tertiary/aromatic N) is 1. The molecule has 3 N–H and O–H groups in total. The van der Waals surface area contributed by atoms with Crippen LogP contribution in [-0.4, -0.2) is 41.9 Å². The van der Waals surface area contributed by atoms with Gasteiger partial charge in [0.1, 0.15) is 6.04 Å². The molecule has 0 aliphatic rings. The highest BCUT2D eigenvalue weighted by molar-refractivity contribution is 5.94. The molecule has 1 rings (SSSR count). The van der Waals surface area contributed by atoms with Crippen LogP contribution in [0.25, 0.3) is 0 Å². The predicted octanol–water partition coefficient (Wildman–Crippen LogP) is 0.976. The van der Waals surface area contributed by atoms with E-state index in [0.717, 1.165) is 5.56 Å². The number of rotatable bonds is 5. The van der Waals surface area contributed by atoms with E-state index in [-0.39, 0.29) is 13.0 Å². The van der Waals surface area contributed by atoms with Crippen molar-refractivity contribution >= 4 is 17.7 Å². The van der Waals surface area contributed by atoms with Gasteiger partial charge in [0.2, 0.25) is 0 Å². The molecule has 0 aliphatic heterocycles. The Kier molecular flexibility index (Phi) is 5.32. The average molecular weight is 266 g/mol. The fourth-order valence-corrected chi connectivity index (χ4v) is 1.68. The summed E-state index contributed by atoms with van der Waals surface area (Å²) in [5.74, 6) is -1.17. The minimum absolute atomic E-state index is 0.0251. The Morgan fingerprint density at radius 2 is 2.00 bits per heavy atom. The van der Waals surface area contributed by atoms with Gasteiger partial charge in [-0.2, -0.15) is 0 Å². The Morgan fingerprint density at radius 3 is 2.53 bits per heavy atom. The average Bonchev–Trinajstić information content (AvgIpc) is 2.37. The van der Waals surface area contributed by atoms with Gasteiger partial charge >= 0.3 is 12.0 Å². The summed E-state index contributed by atoms with van der Waals surface area (Å²) in [6.45, 7) is 1.56. The molecule has 0 heterocycles. The van der Waals surface area contributed by atoms with E-state index in [2.05, 4.69) is 5.32 Å². The van der Waals surface area contributed by atoms with Crippen molar-refractivity contribution in [3.05, 3.63) is 29.8 Å². The number of aliphatic carboxylic acids is 1. The van der Waals surface area contributed by atoms with Crippen LogP contribution in [0, 0.1) is 6.92 Å². The van der Waals surface area contributed by atoms with Gasteiger partial charge in [-0.05, 0) is 18.6 Å². The minimum atomic E-state index is -1.17. The standard InChI is InChI=1S/C13H18N2O4/c1-9-5-3-4-6-11(9)15(2)13(19)14-10(7-8-16)12(17)18/h3-6,10,16H,7-8H2,1-2H3,(H,14,19)(H,17,18)/t10-/m1/s1. The molecule has 1 aromatic rings. The fourth-order valence-electron chi connectivity index (χ4n) is 1.68. The number of nitrogens with one attached hydrogen (secondary N) is 1. The summed E-state index contributed by atoms with van der Waals surface area (Å²) >= 11 is 0. The summed E-state index contributed by atoms with van der Waals surface area (Å²) in [5, 5.41) is 20.1. The zero-order valence-corrected chi connectivity index (χ0v) is 11.0. The van der Waals surface area contributed by atoms with Crippen molar-refractivity contribution in [3.8, 4) is 0 Å². The van der Waals surface area contributed by atoms with Gasteiger partial charge in [-0.15, -0.1) is 0 Å². The number of hydrogen-bond acceptors (Lipinski definition) is 3. The summed E-state index contributed by atoms with van der Waals surface area (Å²) in [5.41, 5.74) is 1.61. The third-order valence-electron chi connectivity index (χ3n) is 2.80. The van der Waals surface area contributed by atoms with Crippen LogP contribution in [0.2, 0.25) is 0 Å². The number of carbonyl (C=O) groups excluding carboxylic acids is 1. The van der Waals surface area contributed by atoms with Gasteiger partial charge in [-0.3, -0.25) is 4.90 Å². The Hall–Kier alpha value is -2.08. The van der Waals surface area contributed by atoms with Gasteiger partial charge in [0.05, 0.1) is 0 Å². The predicted molar refractivity (Wildman–Crippen MR) is 71.2 cm³/mol. The van der Waals surface area contributed by atoms with Crippen molar-refractivity contribution in [1.29, 1.82) is 0 Å². The first-order valence-electron chi connectivity index (χ1n) is 5.91. The molecule has 0 saturated carbocycles. The second-order valence-corrected chi connectivity index (χ2v) is 4.20. The number of amides is 2. The van der Waals surface area contributed by atoms with E-state index in [1.54, 1.807) is 19.2 Å². The Morgan fingerprint density at radius 1 is 1.37 bits per heavy atom.